The van der Waals surface area contributed by atoms with Gasteiger partial charge in [-0.3, -0.25) is 9.59 Å². The molecule has 0 spiro atoms. The van der Waals surface area contributed by atoms with Gasteiger partial charge in [-0.2, -0.15) is 5.26 Å². The van der Waals surface area contributed by atoms with E-state index >= 15 is 0 Å². The van der Waals surface area contributed by atoms with Crippen LogP contribution in [-0.4, -0.2) is 11.6 Å². The first-order chi connectivity index (χ1) is 16.1. The number of Topliss-reactive ketones (excluding diaryl/α,β-unsaturated/α-hetero) is 1. The molecule has 3 heteroatoms. The fraction of sp³-hybridized carbons (Fsp3) is 0.781. The Hall–Kier alpha value is -1.69. The topological polar surface area (TPSA) is 57.9 Å². The summed E-state index contributed by atoms with van der Waals surface area (Å²) in [5.74, 6) is 0.912. The molecule has 0 saturated heterocycles. The predicted molar refractivity (Wildman–Crippen MR) is 139 cm³/mol. The minimum absolute atomic E-state index is 0.0345. The van der Waals surface area contributed by atoms with E-state index in [2.05, 4.69) is 47.6 Å². The van der Waals surface area contributed by atoms with E-state index in [1.54, 1.807) is 0 Å². The Labute approximate surface area is 212 Å². The van der Waals surface area contributed by atoms with Crippen molar-refractivity contribution in [1.29, 1.82) is 5.26 Å². The highest BCUT2D eigenvalue weighted by Gasteiger charge is 2.69. The number of rotatable bonds is 1. The Balaban J connectivity index is 1.70. The third-order valence-corrected chi connectivity index (χ3v) is 12.7. The number of fused-ring (bicyclic) bond motifs is 7. The zero-order valence-corrected chi connectivity index (χ0v) is 23.3. The number of nitrogens with zero attached hydrogens (tertiary/aromatic N) is 1. The lowest BCUT2D eigenvalue weighted by molar-refractivity contribution is -0.171. The molecule has 35 heavy (non-hydrogen) atoms. The number of nitriles is 1. The average molecular weight is 476 g/mol. The second-order valence-electron chi connectivity index (χ2n) is 15.0. The molecule has 0 bridgehead atoms. The van der Waals surface area contributed by atoms with Gasteiger partial charge in [0.2, 0.25) is 0 Å². The monoisotopic (exact) mass is 475 g/mol. The van der Waals surface area contributed by atoms with E-state index in [0.717, 1.165) is 25.7 Å². The van der Waals surface area contributed by atoms with Gasteiger partial charge in [0.1, 0.15) is 6.07 Å². The highest BCUT2D eigenvalue weighted by molar-refractivity contribution is 6.04. The summed E-state index contributed by atoms with van der Waals surface area (Å²) in [4.78, 5) is 27.5. The Bertz CT molecular complexity index is 1100. The minimum Gasteiger partial charge on any atom is -0.295 e. The van der Waals surface area contributed by atoms with E-state index in [9.17, 15) is 14.9 Å². The molecule has 0 heterocycles. The summed E-state index contributed by atoms with van der Waals surface area (Å²) in [6.07, 6.45) is 13.1. The van der Waals surface area contributed by atoms with E-state index in [4.69, 9.17) is 0 Å². The van der Waals surface area contributed by atoms with Gasteiger partial charge < -0.3 is 0 Å². The molecule has 0 N–H and O–H groups in total. The highest BCUT2D eigenvalue weighted by atomic mass is 16.1. The maximum absolute atomic E-state index is 14.3. The predicted octanol–water partition coefficient (Wildman–Crippen LogP) is 7.62. The van der Waals surface area contributed by atoms with Crippen LogP contribution in [0.1, 0.15) is 107 Å². The molecule has 3 nitrogen and oxygen atoms in total. The lowest BCUT2D eigenvalue weighted by Gasteiger charge is -2.69. The Morgan fingerprint density at radius 2 is 1.63 bits per heavy atom. The fourth-order valence-electron chi connectivity index (χ4n) is 10.4. The fourth-order valence-corrected chi connectivity index (χ4v) is 10.4. The van der Waals surface area contributed by atoms with Crippen LogP contribution >= 0.6 is 0 Å². The number of hydrogen-bond acceptors (Lipinski definition) is 3. The molecule has 7 atom stereocenters. The van der Waals surface area contributed by atoms with Gasteiger partial charge in [-0.1, -0.05) is 73.5 Å². The maximum atomic E-state index is 14.3. The third-order valence-electron chi connectivity index (χ3n) is 12.7. The van der Waals surface area contributed by atoms with E-state index in [1.165, 1.54) is 31.3 Å². The first kappa shape index (κ1) is 25.0. The number of carbonyl (C=O) groups is 2. The van der Waals surface area contributed by atoms with Crippen LogP contribution < -0.4 is 0 Å². The Morgan fingerprint density at radius 1 is 0.971 bits per heavy atom. The summed E-state index contributed by atoms with van der Waals surface area (Å²) in [5, 5.41) is 9.86. The second kappa shape index (κ2) is 7.20. The lowest BCUT2D eigenvalue weighted by atomic mass is 9.34. The van der Waals surface area contributed by atoms with Crippen LogP contribution in [0.5, 0.6) is 0 Å². The zero-order valence-electron chi connectivity index (χ0n) is 23.3. The molecule has 3 fully saturated rings. The van der Waals surface area contributed by atoms with E-state index in [1.807, 2.05) is 26.0 Å². The van der Waals surface area contributed by atoms with Crippen LogP contribution in [-0.2, 0) is 9.59 Å². The number of hydrogen-bond donors (Lipinski definition) is 0. The van der Waals surface area contributed by atoms with E-state index < -0.39 is 10.8 Å². The van der Waals surface area contributed by atoms with E-state index in [-0.39, 0.29) is 39.4 Å². The first-order valence-electron chi connectivity index (χ1n) is 14.1. The second-order valence-corrected chi connectivity index (χ2v) is 15.0. The SMILES string of the molecule is CC[C@]12CCC(C)(C)CC1C1C(=O)C=C3[C@@]4(C)C=C(C#N)C(=O)C(C)(C)[C@@H]4CC[C@@]3(C)[C@]1(C)CC2. The molecule has 5 aliphatic carbocycles. The van der Waals surface area contributed by atoms with Gasteiger partial charge in [-0.05, 0) is 84.5 Å². The molecule has 5 aliphatic rings. The maximum Gasteiger partial charge on any atom is 0.178 e. The van der Waals surface area contributed by atoms with Gasteiger partial charge in [-0.15, -0.1) is 0 Å². The van der Waals surface area contributed by atoms with Gasteiger partial charge in [-0.25, -0.2) is 0 Å². The van der Waals surface area contributed by atoms with Crippen LogP contribution in [0, 0.1) is 61.6 Å². The smallest absolute Gasteiger partial charge is 0.178 e. The van der Waals surface area contributed by atoms with Gasteiger partial charge in [0.25, 0.3) is 0 Å². The summed E-state index contributed by atoms with van der Waals surface area (Å²) in [5.41, 5.74) is 0.828. The van der Waals surface area contributed by atoms with Gasteiger partial charge in [0.05, 0.1) is 5.57 Å². The number of carbonyl (C=O) groups excluding carboxylic acids is 2. The van der Waals surface area contributed by atoms with Crippen molar-refractivity contribution in [3.8, 4) is 6.07 Å². The van der Waals surface area contributed by atoms with Gasteiger partial charge in [0.15, 0.2) is 11.6 Å². The van der Waals surface area contributed by atoms with Crippen molar-refractivity contribution >= 4 is 11.6 Å². The van der Waals surface area contributed by atoms with Crippen molar-refractivity contribution in [2.24, 2.45) is 50.2 Å². The van der Waals surface area contributed by atoms with Crippen molar-refractivity contribution in [3.05, 3.63) is 23.3 Å². The van der Waals surface area contributed by atoms with Gasteiger partial charge >= 0.3 is 0 Å². The molecule has 2 unspecified atom stereocenters. The Kier molecular flexibility index (Phi) is 5.14. The van der Waals surface area contributed by atoms with Crippen molar-refractivity contribution in [2.75, 3.05) is 0 Å². The molecule has 0 aromatic rings. The van der Waals surface area contributed by atoms with E-state index in [0.29, 0.717) is 17.1 Å². The summed E-state index contributed by atoms with van der Waals surface area (Å²) < 4.78 is 0. The van der Waals surface area contributed by atoms with Crippen LogP contribution in [0.15, 0.2) is 23.3 Å². The molecule has 0 amide bonds. The Morgan fingerprint density at radius 3 is 2.26 bits per heavy atom. The first-order valence-corrected chi connectivity index (χ1v) is 14.1. The number of allylic oxidation sites excluding steroid dienone is 4. The summed E-state index contributed by atoms with van der Waals surface area (Å²) in [6.45, 7) is 18.3. The molecule has 3 saturated carbocycles. The van der Waals surface area contributed by atoms with Crippen LogP contribution in [0.4, 0.5) is 0 Å². The molecular formula is C32H45NO2. The zero-order chi connectivity index (χ0) is 25.8. The van der Waals surface area contributed by atoms with Gasteiger partial charge in [0, 0.05) is 16.7 Å². The molecular weight excluding hydrogens is 430 g/mol. The standard InChI is InChI=1S/C32H45NO2/c1-9-32-14-12-27(2,3)18-21(32)25-22(34)16-24-29(6)17-20(19-33)26(35)28(4,5)23(29)10-11-30(24,7)31(25,8)13-15-32/h16-17,21,23,25H,9-15,18H2,1-8H3/t21?,23-,25?,29-,30+,31+,32+/m0/s1. The quantitative estimate of drug-likeness (QED) is 0.392. The normalized spacial score (nSPS) is 47.8. The van der Waals surface area contributed by atoms with Crippen LogP contribution in [0.2, 0.25) is 0 Å². The summed E-state index contributed by atoms with van der Waals surface area (Å²) in [6, 6.07) is 2.21. The van der Waals surface area contributed by atoms with Crippen molar-refractivity contribution in [2.45, 2.75) is 107 Å². The van der Waals surface area contributed by atoms with Crippen molar-refractivity contribution < 1.29 is 9.59 Å². The van der Waals surface area contributed by atoms with Crippen LogP contribution in [0.3, 0.4) is 0 Å². The summed E-state index contributed by atoms with van der Waals surface area (Å²) >= 11 is 0. The highest BCUT2D eigenvalue weighted by Crippen LogP contribution is 2.74. The molecule has 0 aromatic heterocycles. The average Bonchev–Trinajstić information content (AvgIpc) is 2.77. The van der Waals surface area contributed by atoms with Crippen molar-refractivity contribution in [3.63, 3.8) is 0 Å². The van der Waals surface area contributed by atoms with Crippen LogP contribution in [0.25, 0.3) is 0 Å². The number of ketones is 2. The molecule has 5 rings (SSSR count). The van der Waals surface area contributed by atoms with Crippen molar-refractivity contribution in [1.82, 2.24) is 0 Å². The minimum atomic E-state index is -0.602. The third kappa shape index (κ3) is 2.95. The molecule has 190 valence electrons. The lowest BCUT2D eigenvalue weighted by Crippen LogP contribution is -2.64. The molecule has 0 radical (unpaired) electrons. The largest absolute Gasteiger partial charge is 0.295 e. The summed E-state index contributed by atoms with van der Waals surface area (Å²) in [7, 11) is 0. The molecule has 0 aliphatic heterocycles. The molecule has 0 aromatic carbocycles.